The van der Waals surface area contributed by atoms with E-state index in [2.05, 4.69) is 0 Å². The topological polar surface area (TPSA) is 29.5 Å². The van der Waals surface area contributed by atoms with E-state index < -0.39 is 6.10 Å². The Balaban J connectivity index is 1.76. The number of nitrogens with zero attached hydrogens (tertiary/aromatic N) is 1. The van der Waals surface area contributed by atoms with E-state index in [9.17, 15) is 9.18 Å². The Morgan fingerprint density at radius 1 is 1.23 bits per heavy atom. The maximum atomic E-state index is 12.9. The zero-order chi connectivity index (χ0) is 15.5. The summed E-state index contributed by atoms with van der Waals surface area (Å²) in [5, 5.41) is 0. The van der Waals surface area contributed by atoms with Gasteiger partial charge in [-0.3, -0.25) is 4.79 Å². The maximum Gasteiger partial charge on any atom is 0.268 e. The molecule has 0 bridgehead atoms. The number of fused-ring (bicyclic) bond motifs is 1. The minimum absolute atomic E-state index is 0.0447. The average molecular weight is 299 g/mol. The minimum Gasteiger partial charge on any atom is -0.481 e. The molecule has 0 fully saturated rings. The monoisotopic (exact) mass is 299 g/mol. The Kier molecular flexibility index (Phi) is 4.09. The number of hydrogen-bond donors (Lipinski definition) is 0. The third-order valence-corrected chi connectivity index (χ3v) is 3.89. The van der Waals surface area contributed by atoms with E-state index in [1.165, 1.54) is 17.7 Å². The maximum absolute atomic E-state index is 12.9. The van der Waals surface area contributed by atoms with Crippen molar-refractivity contribution in [2.75, 3.05) is 11.4 Å². The Morgan fingerprint density at radius 3 is 2.68 bits per heavy atom. The van der Waals surface area contributed by atoms with Gasteiger partial charge in [-0.05, 0) is 48.7 Å². The molecule has 114 valence electrons. The fourth-order valence-electron chi connectivity index (χ4n) is 2.73. The van der Waals surface area contributed by atoms with Gasteiger partial charge in [0.1, 0.15) is 11.6 Å². The highest BCUT2D eigenvalue weighted by molar-refractivity contribution is 5.98. The molecule has 1 heterocycles. The van der Waals surface area contributed by atoms with Crippen molar-refractivity contribution in [2.45, 2.75) is 25.9 Å². The first-order valence-electron chi connectivity index (χ1n) is 7.50. The number of hydrogen-bond acceptors (Lipinski definition) is 2. The van der Waals surface area contributed by atoms with Gasteiger partial charge in [0.15, 0.2) is 6.10 Å². The minimum atomic E-state index is -0.559. The molecule has 1 atom stereocenters. The highest BCUT2D eigenvalue weighted by atomic mass is 19.1. The molecule has 0 saturated heterocycles. The first kappa shape index (κ1) is 14.6. The van der Waals surface area contributed by atoms with Crippen LogP contribution in [-0.2, 0) is 11.2 Å². The second-order valence-corrected chi connectivity index (χ2v) is 5.34. The largest absolute Gasteiger partial charge is 0.481 e. The summed E-state index contributed by atoms with van der Waals surface area (Å²) in [5.41, 5.74) is 2.15. The number of ether oxygens (including phenoxy) is 1. The highest BCUT2D eigenvalue weighted by Crippen LogP contribution is 2.29. The van der Waals surface area contributed by atoms with Crippen LogP contribution in [0.15, 0.2) is 48.5 Å². The van der Waals surface area contributed by atoms with Crippen LogP contribution in [0.2, 0.25) is 0 Å². The van der Waals surface area contributed by atoms with Crippen molar-refractivity contribution < 1.29 is 13.9 Å². The molecule has 0 N–H and O–H groups in total. The first-order valence-corrected chi connectivity index (χ1v) is 7.50. The van der Waals surface area contributed by atoms with Crippen LogP contribution >= 0.6 is 0 Å². The number of carbonyl (C=O) groups is 1. The summed E-state index contributed by atoms with van der Waals surface area (Å²) in [6.45, 7) is 2.59. The van der Waals surface area contributed by atoms with Gasteiger partial charge < -0.3 is 9.64 Å². The summed E-state index contributed by atoms with van der Waals surface area (Å²) in [5.74, 6) is 0.144. The summed E-state index contributed by atoms with van der Waals surface area (Å²) in [7, 11) is 0. The van der Waals surface area contributed by atoms with Crippen molar-refractivity contribution in [3.63, 3.8) is 0 Å². The van der Waals surface area contributed by atoms with E-state index >= 15 is 0 Å². The molecule has 3 rings (SSSR count). The van der Waals surface area contributed by atoms with Gasteiger partial charge in [0.25, 0.3) is 5.91 Å². The molecule has 2 aromatic carbocycles. The number of para-hydroxylation sites is 1. The smallest absolute Gasteiger partial charge is 0.268 e. The van der Waals surface area contributed by atoms with Crippen molar-refractivity contribution in [3.8, 4) is 5.75 Å². The predicted molar refractivity (Wildman–Crippen MR) is 83.6 cm³/mol. The molecule has 3 nitrogen and oxygen atoms in total. The van der Waals surface area contributed by atoms with Gasteiger partial charge in [-0.25, -0.2) is 4.39 Å². The third-order valence-electron chi connectivity index (χ3n) is 3.89. The molecule has 0 aliphatic carbocycles. The second kappa shape index (κ2) is 6.18. The van der Waals surface area contributed by atoms with E-state index in [0.717, 1.165) is 12.1 Å². The quantitative estimate of drug-likeness (QED) is 0.863. The van der Waals surface area contributed by atoms with Gasteiger partial charge in [0.2, 0.25) is 0 Å². The summed E-state index contributed by atoms with van der Waals surface area (Å²) in [6.07, 6.45) is 0.876. The Hall–Kier alpha value is -2.36. The fourth-order valence-corrected chi connectivity index (χ4v) is 2.73. The van der Waals surface area contributed by atoms with Crippen molar-refractivity contribution in [1.82, 2.24) is 0 Å². The normalized spacial score (nSPS) is 14.5. The van der Waals surface area contributed by atoms with E-state index in [1.807, 2.05) is 31.2 Å². The van der Waals surface area contributed by atoms with Crippen LogP contribution in [0.3, 0.4) is 0 Å². The summed E-state index contributed by atoms with van der Waals surface area (Å²) < 4.78 is 18.7. The van der Waals surface area contributed by atoms with E-state index in [0.29, 0.717) is 18.7 Å². The lowest BCUT2D eigenvalue weighted by molar-refractivity contribution is -0.125. The molecule has 0 radical (unpaired) electrons. The van der Waals surface area contributed by atoms with Crippen LogP contribution in [0.25, 0.3) is 0 Å². The lowest BCUT2D eigenvalue weighted by Crippen LogP contribution is -2.41. The van der Waals surface area contributed by atoms with Crippen LogP contribution in [0.1, 0.15) is 18.9 Å². The van der Waals surface area contributed by atoms with Crippen LogP contribution in [0.5, 0.6) is 5.75 Å². The predicted octanol–water partition coefficient (Wildman–Crippen LogP) is 3.57. The Morgan fingerprint density at radius 2 is 1.95 bits per heavy atom. The molecule has 1 aliphatic heterocycles. The standard InChI is InChI=1S/C18H18FNO2/c1-2-17(22-15-9-7-14(19)8-10-15)18(21)20-12-11-13-5-3-4-6-16(13)20/h3-10,17H,2,11-12H2,1H3/t17-/m0/s1. The number of benzene rings is 2. The SMILES string of the molecule is CC[C@H](Oc1ccc(F)cc1)C(=O)N1CCc2ccccc21. The zero-order valence-corrected chi connectivity index (χ0v) is 12.5. The molecule has 0 unspecified atom stereocenters. The van der Waals surface area contributed by atoms with Gasteiger partial charge in [-0.15, -0.1) is 0 Å². The number of anilines is 1. The Labute approximate surface area is 129 Å². The number of amides is 1. The van der Waals surface area contributed by atoms with Gasteiger partial charge in [-0.2, -0.15) is 0 Å². The molecular weight excluding hydrogens is 281 g/mol. The lowest BCUT2D eigenvalue weighted by Gasteiger charge is -2.24. The number of carbonyl (C=O) groups excluding carboxylic acids is 1. The molecule has 0 spiro atoms. The van der Waals surface area contributed by atoms with Crippen LogP contribution in [-0.4, -0.2) is 18.6 Å². The van der Waals surface area contributed by atoms with Crippen molar-refractivity contribution >= 4 is 11.6 Å². The lowest BCUT2D eigenvalue weighted by atomic mass is 10.2. The molecule has 4 heteroatoms. The van der Waals surface area contributed by atoms with Crippen LogP contribution in [0.4, 0.5) is 10.1 Å². The molecule has 0 aromatic heterocycles. The van der Waals surface area contributed by atoms with E-state index in [-0.39, 0.29) is 11.7 Å². The van der Waals surface area contributed by atoms with Crippen molar-refractivity contribution in [1.29, 1.82) is 0 Å². The summed E-state index contributed by atoms with van der Waals surface area (Å²) in [6, 6.07) is 13.7. The number of halogens is 1. The number of rotatable bonds is 4. The molecule has 2 aromatic rings. The third kappa shape index (κ3) is 2.82. The molecular formula is C18H18FNO2. The van der Waals surface area contributed by atoms with E-state index in [4.69, 9.17) is 4.74 Å². The Bertz CT molecular complexity index is 669. The molecule has 1 aliphatic rings. The highest BCUT2D eigenvalue weighted by Gasteiger charge is 2.30. The van der Waals surface area contributed by atoms with Crippen LogP contribution < -0.4 is 9.64 Å². The average Bonchev–Trinajstić information content (AvgIpc) is 2.98. The fraction of sp³-hybridized carbons (Fsp3) is 0.278. The molecule has 0 saturated carbocycles. The molecule has 22 heavy (non-hydrogen) atoms. The van der Waals surface area contributed by atoms with Gasteiger partial charge in [-0.1, -0.05) is 25.1 Å². The second-order valence-electron chi connectivity index (χ2n) is 5.34. The zero-order valence-electron chi connectivity index (χ0n) is 12.5. The summed E-state index contributed by atoms with van der Waals surface area (Å²) in [4.78, 5) is 14.5. The van der Waals surface area contributed by atoms with Crippen LogP contribution in [0, 0.1) is 5.82 Å². The van der Waals surface area contributed by atoms with Gasteiger partial charge >= 0.3 is 0 Å². The van der Waals surface area contributed by atoms with Gasteiger partial charge in [0.05, 0.1) is 0 Å². The van der Waals surface area contributed by atoms with E-state index in [1.54, 1.807) is 17.0 Å². The summed E-state index contributed by atoms with van der Waals surface area (Å²) >= 11 is 0. The van der Waals surface area contributed by atoms with Crippen molar-refractivity contribution in [3.05, 3.63) is 59.9 Å². The molecule has 1 amide bonds. The van der Waals surface area contributed by atoms with Gasteiger partial charge in [0, 0.05) is 12.2 Å². The van der Waals surface area contributed by atoms with Crippen molar-refractivity contribution in [2.24, 2.45) is 0 Å². The first-order chi connectivity index (χ1) is 10.7.